The van der Waals surface area contributed by atoms with Gasteiger partial charge in [-0.3, -0.25) is 9.59 Å². The molecule has 0 unspecified atom stereocenters. The molecule has 0 radical (unpaired) electrons. The number of amides is 2. The van der Waals surface area contributed by atoms with Crippen LogP contribution in [0, 0.1) is 13.8 Å². The number of nitrogens with one attached hydrogen (secondary N) is 1. The van der Waals surface area contributed by atoms with Crippen molar-refractivity contribution in [2.45, 2.75) is 20.4 Å². The maximum atomic E-state index is 11.9. The molecule has 2 heterocycles. The summed E-state index contributed by atoms with van der Waals surface area (Å²) in [5, 5.41) is 6.38. The molecule has 2 amide bonds. The minimum Gasteiger partial charge on any atom is -0.469 e. The zero-order valence-corrected chi connectivity index (χ0v) is 12.2. The zero-order valence-electron chi connectivity index (χ0n) is 12.2. The Hall–Kier alpha value is -2.57. The molecule has 7 heteroatoms. The molecule has 0 bridgehead atoms. The number of aromatic nitrogens is 1. The summed E-state index contributed by atoms with van der Waals surface area (Å²) in [4.78, 5) is 25.3. The fourth-order valence-electron chi connectivity index (χ4n) is 1.83. The third-order valence-electron chi connectivity index (χ3n) is 3.01. The third kappa shape index (κ3) is 3.71. The van der Waals surface area contributed by atoms with Gasteiger partial charge in [0.05, 0.1) is 24.9 Å². The van der Waals surface area contributed by atoms with Crippen molar-refractivity contribution in [3.05, 3.63) is 41.2 Å². The van der Waals surface area contributed by atoms with E-state index >= 15 is 0 Å². The fraction of sp³-hybridized carbons (Fsp3) is 0.357. The molecular formula is C14H17N3O4. The highest BCUT2D eigenvalue weighted by Gasteiger charge is 2.15. The van der Waals surface area contributed by atoms with Gasteiger partial charge in [0, 0.05) is 13.1 Å². The van der Waals surface area contributed by atoms with Gasteiger partial charge in [0.15, 0.2) is 0 Å². The van der Waals surface area contributed by atoms with E-state index in [-0.39, 0.29) is 18.4 Å². The monoisotopic (exact) mass is 291 g/mol. The van der Waals surface area contributed by atoms with Gasteiger partial charge in [-0.25, -0.2) is 0 Å². The van der Waals surface area contributed by atoms with Gasteiger partial charge in [-0.2, -0.15) is 0 Å². The first-order valence-corrected chi connectivity index (χ1v) is 6.46. The number of carbonyl (C=O) groups excluding carboxylic acids is 2. The fourth-order valence-corrected chi connectivity index (χ4v) is 1.83. The first-order chi connectivity index (χ1) is 9.97. The Morgan fingerprint density at radius 1 is 1.38 bits per heavy atom. The second-order valence-electron chi connectivity index (χ2n) is 4.75. The molecule has 0 atom stereocenters. The molecule has 0 aliphatic heterocycles. The van der Waals surface area contributed by atoms with Crippen LogP contribution in [-0.4, -0.2) is 35.5 Å². The molecule has 21 heavy (non-hydrogen) atoms. The minimum atomic E-state index is -0.333. The molecule has 0 aromatic carbocycles. The number of hydrogen-bond acceptors (Lipinski definition) is 5. The van der Waals surface area contributed by atoms with Crippen molar-refractivity contribution in [2.75, 3.05) is 13.6 Å². The smallest absolute Gasteiger partial charge is 0.255 e. The minimum absolute atomic E-state index is 0.0865. The highest BCUT2D eigenvalue weighted by Crippen LogP contribution is 2.08. The summed E-state index contributed by atoms with van der Waals surface area (Å²) in [6.45, 7) is 3.72. The number of furan rings is 1. The molecule has 0 fully saturated rings. The first-order valence-electron chi connectivity index (χ1n) is 6.46. The summed E-state index contributed by atoms with van der Waals surface area (Å²) < 4.78 is 9.98. The van der Waals surface area contributed by atoms with Crippen LogP contribution in [0.2, 0.25) is 0 Å². The van der Waals surface area contributed by atoms with Crippen LogP contribution >= 0.6 is 0 Å². The summed E-state index contributed by atoms with van der Waals surface area (Å²) in [7, 11) is 1.64. The second kappa shape index (κ2) is 6.25. The number of nitrogens with zero attached hydrogens (tertiary/aromatic N) is 2. The highest BCUT2D eigenvalue weighted by atomic mass is 16.5. The van der Waals surface area contributed by atoms with Crippen molar-refractivity contribution in [3.8, 4) is 0 Å². The molecule has 0 aliphatic rings. The Bertz CT molecular complexity index is 644. The highest BCUT2D eigenvalue weighted by molar-refractivity contribution is 5.97. The van der Waals surface area contributed by atoms with Crippen molar-refractivity contribution in [2.24, 2.45) is 0 Å². The number of aryl methyl sites for hydroxylation is 2. The molecule has 0 aliphatic carbocycles. The number of hydrogen-bond donors (Lipinski definition) is 1. The van der Waals surface area contributed by atoms with E-state index in [1.54, 1.807) is 33.0 Å². The Balaban J connectivity index is 1.84. The topological polar surface area (TPSA) is 88.6 Å². The average Bonchev–Trinajstić information content (AvgIpc) is 3.04. The lowest BCUT2D eigenvalue weighted by atomic mass is 10.2. The van der Waals surface area contributed by atoms with E-state index in [1.165, 1.54) is 11.2 Å². The van der Waals surface area contributed by atoms with E-state index in [9.17, 15) is 9.59 Å². The normalized spacial score (nSPS) is 10.4. The van der Waals surface area contributed by atoms with E-state index in [1.807, 2.05) is 0 Å². The molecule has 2 aromatic rings. The number of likely N-dealkylation sites (N-methyl/N-ethyl adjacent to an activating group) is 1. The maximum absolute atomic E-state index is 11.9. The van der Waals surface area contributed by atoms with Crippen molar-refractivity contribution >= 4 is 11.8 Å². The lowest BCUT2D eigenvalue weighted by molar-refractivity contribution is -0.129. The Morgan fingerprint density at radius 2 is 2.14 bits per heavy atom. The Morgan fingerprint density at radius 3 is 2.71 bits per heavy atom. The van der Waals surface area contributed by atoms with Gasteiger partial charge >= 0.3 is 0 Å². The quantitative estimate of drug-likeness (QED) is 0.896. The van der Waals surface area contributed by atoms with Crippen LogP contribution < -0.4 is 5.32 Å². The maximum Gasteiger partial charge on any atom is 0.255 e. The van der Waals surface area contributed by atoms with Crippen molar-refractivity contribution < 1.29 is 18.5 Å². The largest absolute Gasteiger partial charge is 0.469 e. The van der Waals surface area contributed by atoms with Crippen LogP contribution in [0.3, 0.4) is 0 Å². The van der Waals surface area contributed by atoms with Gasteiger partial charge in [-0.15, -0.1) is 0 Å². The van der Waals surface area contributed by atoms with E-state index < -0.39 is 0 Å². The molecule has 2 rings (SSSR count). The molecule has 2 aromatic heterocycles. The molecule has 7 nitrogen and oxygen atoms in total. The van der Waals surface area contributed by atoms with Crippen LogP contribution in [-0.2, 0) is 11.3 Å². The van der Waals surface area contributed by atoms with Crippen molar-refractivity contribution in [3.63, 3.8) is 0 Å². The summed E-state index contributed by atoms with van der Waals surface area (Å²) in [6, 6.07) is 3.33. The number of rotatable bonds is 5. The van der Waals surface area contributed by atoms with E-state index in [4.69, 9.17) is 8.94 Å². The van der Waals surface area contributed by atoms with Gasteiger partial charge in [-0.05, 0) is 19.9 Å². The Kier molecular flexibility index (Phi) is 4.42. The van der Waals surface area contributed by atoms with Crippen LogP contribution in [0.25, 0.3) is 0 Å². The SMILES string of the molecule is Cc1cc(CN(C)C(=O)CNC(=O)c2ccoc2C)no1. The van der Waals surface area contributed by atoms with Crippen molar-refractivity contribution in [1.82, 2.24) is 15.4 Å². The van der Waals surface area contributed by atoms with Gasteiger partial charge in [-0.1, -0.05) is 5.16 Å². The third-order valence-corrected chi connectivity index (χ3v) is 3.01. The first kappa shape index (κ1) is 14.8. The van der Waals surface area contributed by atoms with Gasteiger partial charge in [0.2, 0.25) is 5.91 Å². The summed E-state index contributed by atoms with van der Waals surface area (Å²) >= 11 is 0. The standard InChI is InChI=1S/C14H17N3O4/c1-9-6-11(16-21-9)8-17(3)13(18)7-15-14(19)12-4-5-20-10(12)2/h4-6H,7-8H2,1-3H3,(H,15,19). The summed E-state index contributed by atoms with van der Waals surface area (Å²) in [5.74, 6) is 0.659. The van der Waals surface area contributed by atoms with Gasteiger partial charge in [0.1, 0.15) is 17.2 Å². The molecule has 112 valence electrons. The predicted octanol–water partition coefficient (Wildman–Crippen LogP) is 1.27. The number of carbonyl (C=O) groups is 2. The van der Waals surface area contributed by atoms with Crippen LogP contribution in [0.1, 0.15) is 27.6 Å². The lowest BCUT2D eigenvalue weighted by Gasteiger charge is -2.15. The average molecular weight is 291 g/mol. The van der Waals surface area contributed by atoms with Gasteiger partial charge in [0.25, 0.3) is 5.91 Å². The van der Waals surface area contributed by atoms with Crippen LogP contribution in [0.5, 0.6) is 0 Å². The van der Waals surface area contributed by atoms with E-state index in [2.05, 4.69) is 10.5 Å². The molecule has 0 saturated heterocycles. The van der Waals surface area contributed by atoms with E-state index in [0.29, 0.717) is 29.3 Å². The molecule has 1 N–H and O–H groups in total. The summed E-state index contributed by atoms with van der Waals surface area (Å²) in [5.41, 5.74) is 1.10. The van der Waals surface area contributed by atoms with Crippen LogP contribution in [0.15, 0.2) is 27.3 Å². The second-order valence-corrected chi connectivity index (χ2v) is 4.75. The molecule has 0 spiro atoms. The Labute approximate surface area is 121 Å². The zero-order chi connectivity index (χ0) is 15.4. The van der Waals surface area contributed by atoms with Gasteiger partial charge < -0.3 is 19.2 Å². The summed E-state index contributed by atoms with van der Waals surface area (Å²) in [6.07, 6.45) is 1.44. The lowest BCUT2D eigenvalue weighted by Crippen LogP contribution is -2.37. The van der Waals surface area contributed by atoms with Crippen LogP contribution in [0.4, 0.5) is 0 Å². The molecule has 0 saturated carbocycles. The predicted molar refractivity (Wildman–Crippen MR) is 73.5 cm³/mol. The van der Waals surface area contributed by atoms with Crippen molar-refractivity contribution in [1.29, 1.82) is 0 Å². The van der Waals surface area contributed by atoms with E-state index in [0.717, 1.165) is 0 Å². The molecular weight excluding hydrogens is 274 g/mol.